The molecule has 0 rings (SSSR count). The maximum Gasteiger partial charge on any atom is 0.407 e. The number of rotatable bonds is 13. The lowest BCUT2D eigenvalue weighted by molar-refractivity contribution is -0.141. The number of allylic oxidation sites excluding steroid dienone is 3. The summed E-state index contributed by atoms with van der Waals surface area (Å²) in [6, 6.07) is 0. The first-order valence-corrected chi connectivity index (χ1v) is 9.31. The van der Waals surface area contributed by atoms with Gasteiger partial charge >= 0.3 is 24.1 Å². The molecule has 0 saturated heterocycles. The van der Waals surface area contributed by atoms with Gasteiger partial charge in [-0.3, -0.25) is 9.59 Å². The van der Waals surface area contributed by atoms with Crippen LogP contribution < -0.4 is 10.6 Å². The Labute approximate surface area is 176 Å². The molecule has 0 aromatic heterocycles. The second-order valence-corrected chi connectivity index (χ2v) is 5.95. The highest BCUT2D eigenvalue weighted by atomic mass is 16.6. The molecule has 0 radical (unpaired) electrons. The number of hydrogen-bond acceptors (Lipinski definition) is 8. The van der Waals surface area contributed by atoms with E-state index in [0.29, 0.717) is 6.42 Å². The lowest BCUT2D eigenvalue weighted by Crippen LogP contribution is -2.28. The highest BCUT2D eigenvalue weighted by Crippen LogP contribution is 2.05. The van der Waals surface area contributed by atoms with Crippen LogP contribution in [-0.2, 0) is 28.5 Å². The van der Waals surface area contributed by atoms with Crippen LogP contribution in [0.25, 0.3) is 0 Å². The molecule has 10 nitrogen and oxygen atoms in total. The largest absolute Gasteiger partial charge is 0.464 e. The van der Waals surface area contributed by atoms with Gasteiger partial charge in [-0.1, -0.05) is 24.8 Å². The molecule has 0 bridgehead atoms. The summed E-state index contributed by atoms with van der Waals surface area (Å²) in [5.74, 6) is -0.835. The van der Waals surface area contributed by atoms with E-state index in [9.17, 15) is 19.2 Å². The number of amides is 2. The molecule has 30 heavy (non-hydrogen) atoms. The lowest BCUT2D eigenvalue weighted by Gasteiger charge is -2.08. The fourth-order valence-corrected chi connectivity index (χ4v) is 1.79. The number of carbonyl (C=O) groups is 4. The van der Waals surface area contributed by atoms with E-state index in [2.05, 4.69) is 26.7 Å². The van der Waals surface area contributed by atoms with Gasteiger partial charge in [0.2, 0.25) is 0 Å². The van der Waals surface area contributed by atoms with E-state index in [1.54, 1.807) is 25.2 Å². The van der Waals surface area contributed by atoms with Crippen molar-refractivity contribution in [3.05, 3.63) is 36.0 Å². The molecular formula is C20H30N2O8. The minimum atomic E-state index is -0.615. The minimum absolute atomic E-state index is 0.0803. The van der Waals surface area contributed by atoms with Crippen LogP contribution in [0.15, 0.2) is 36.0 Å². The molecule has 0 saturated carbocycles. The Kier molecular flexibility index (Phi) is 14.8. The van der Waals surface area contributed by atoms with Crippen LogP contribution in [0.5, 0.6) is 0 Å². The SMILES string of the molecule is C=C/C(=C\C=C(/C)COC(=O)NCCOC(C)=O)CCOC(=O)NCCOC(C)=O. The van der Waals surface area contributed by atoms with E-state index in [1.807, 2.05) is 0 Å². The van der Waals surface area contributed by atoms with E-state index in [-0.39, 0.29) is 39.5 Å². The minimum Gasteiger partial charge on any atom is -0.464 e. The summed E-state index contributed by atoms with van der Waals surface area (Å²) in [5, 5.41) is 4.91. The highest BCUT2D eigenvalue weighted by Gasteiger charge is 2.03. The van der Waals surface area contributed by atoms with Gasteiger partial charge in [-0.2, -0.15) is 0 Å². The smallest absolute Gasteiger partial charge is 0.407 e. The normalized spacial score (nSPS) is 11.2. The van der Waals surface area contributed by atoms with Crippen LogP contribution in [-0.4, -0.2) is 63.6 Å². The summed E-state index contributed by atoms with van der Waals surface area (Å²) in [7, 11) is 0. The van der Waals surface area contributed by atoms with E-state index < -0.39 is 24.1 Å². The van der Waals surface area contributed by atoms with Crippen LogP contribution >= 0.6 is 0 Å². The zero-order chi connectivity index (χ0) is 22.8. The summed E-state index contributed by atoms with van der Waals surface area (Å²) in [6.45, 7) is 8.79. The van der Waals surface area contributed by atoms with Gasteiger partial charge in [-0.25, -0.2) is 9.59 Å². The molecule has 0 aromatic rings. The van der Waals surface area contributed by atoms with E-state index in [4.69, 9.17) is 9.47 Å². The molecular weight excluding hydrogens is 396 g/mol. The maximum absolute atomic E-state index is 11.5. The molecule has 0 unspecified atom stereocenters. The third-order valence-electron chi connectivity index (χ3n) is 3.25. The first-order chi connectivity index (χ1) is 14.2. The summed E-state index contributed by atoms with van der Waals surface area (Å²) >= 11 is 0. The van der Waals surface area contributed by atoms with Crippen LogP contribution in [0.4, 0.5) is 9.59 Å². The molecule has 0 aliphatic heterocycles. The van der Waals surface area contributed by atoms with Crippen molar-refractivity contribution >= 4 is 24.1 Å². The monoisotopic (exact) mass is 426 g/mol. The van der Waals surface area contributed by atoms with Crippen LogP contribution in [0, 0.1) is 0 Å². The van der Waals surface area contributed by atoms with Crippen LogP contribution in [0.2, 0.25) is 0 Å². The quantitative estimate of drug-likeness (QED) is 0.198. The van der Waals surface area contributed by atoms with Gasteiger partial charge in [-0.05, 0) is 18.1 Å². The van der Waals surface area contributed by atoms with Gasteiger partial charge in [0.15, 0.2) is 0 Å². The molecule has 0 aliphatic rings. The number of carbonyl (C=O) groups excluding carboxylic acids is 4. The van der Waals surface area contributed by atoms with E-state index in [1.165, 1.54) is 13.8 Å². The number of nitrogens with one attached hydrogen (secondary N) is 2. The van der Waals surface area contributed by atoms with Gasteiger partial charge in [0.25, 0.3) is 0 Å². The van der Waals surface area contributed by atoms with Gasteiger partial charge in [-0.15, -0.1) is 0 Å². The number of esters is 2. The summed E-state index contributed by atoms with van der Waals surface area (Å²) in [4.78, 5) is 44.2. The number of hydrogen-bond donors (Lipinski definition) is 2. The molecule has 2 amide bonds. The predicted octanol–water partition coefficient (Wildman–Crippen LogP) is 2.01. The fourth-order valence-electron chi connectivity index (χ4n) is 1.79. The molecule has 0 spiro atoms. The average Bonchev–Trinajstić information content (AvgIpc) is 2.69. The fraction of sp³-hybridized carbons (Fsp3) is 0.500. The van der Waals surface area contributed by atoms with E-state index in [0.717, 1.165) is 11.1 Å². The van der Waals surface area contributed by atoms with Crippen molar-refractivity contribution in [2.75, 3.05) is 39.5 Å². The van der Waals surface area contributed by atoms with Crippen molar-refractivity contribution in [1.29, 1.82) is 0 Å². The molecule has 0 aromatic carbocycles. The van der Waals surface area contributed by atoms with Crippen LogP contribution in [0.1, 0.15) is 27.2 Å². The summed E-state index contributed by atoms with van der Waals surface area (Å²) in [5.41, 5.74) is 1.61. The molecule has 2 N–H and O–H groups in total. The van der Waals surface area contributed by atoms with Crippen molar-refractivity contribution < 1.29 is 38.1 Å². The molecule has 0 aliphatic carbocycles. The van der Waals surface area contributed by atoms with Gasteiger partial charge < -0.3 is 29.6 Å². The first-order valence-electron chi connectivity index (χ1n) is 9.31. The Morgan fingerprint density at radius 2 is 1.30 bits per heavy atom. The Hall–Kier alpha value is -3.30. The molecule has 0 atom stereocenters. The Morgan fingerprint density at radius 1 is 0.767 bits per heavy atom. The molecule has 0 fully saturated rings. The first kappa shape index (κ1) is 26.7. The van der Waals surface area contributed by atoms with Gasteiger partial charge in [0.1, 0.15) is 19.8 Å². The zero-order valence-corrected chi connectivity index (χ0v) is 17.7. The second-order valence-electron chi connectivity index (χ2n) is 5.95. The third-order valence-corrected chi connectivity index (χ3v) is 3.25. The Balaban J connectivity index is 4.12. The van der Waals surface area contributed by atoms with Crippen molar-refractivity contribution in [2.45, 2.75) is 27.2 Å². The second kappa shape index (κ2) is 16.6. The standard InChI is InChI=1S/C20H30N2O8/c1-5-18(8-11-29-19(25)21-9-12-27-16(3)23)7-6-15(2)14-30-20(26)22-10-13-28-17(4)24/h5-7H,1,8-14H2,2-4H3,(H,21,25)(H,22,26)/b15-6+,18-7+. The van der Waals surface area contributed by atoms with Crippen molar-refractivity contribution in [1.82, 2.24) is 10.6 Å². The zero-order valence-electron chi connectivity index (χ0n) is 17.7. The molecule has 168 valence electrons. The van der Waals surface area contributed by atoms with E-state index >= 15 is 0 Å². The van der Waals surface area contributed by atoms with Crippen LogP contribution in [0.3, 0.4) is 0 Å². The maximum atomic E-state index is 11.5. The lowest BCUT2D eigenvalue weighted by atomic mass is 10.1. The van der Waals surface area contributed by atoms with Gasteiger partial charge in [0, 0.05) is 20.3 Å². The Bertz CT molecular complexity index is 655. The summed E-state index contributed by atoms with van der Waals surface area (Å²) < 4.78 is 19.4. The molecule has 0 heterocycles. The Morgan fingerprint density at radius 3 is 1.80 bits per heavy atom. The van der Waals surface area contributed by atoms with Crippen molar-refractivity contribution in [3.8, 4) is 0 Å². The number of ether oxygens (including phenoxy) is 4. The summed E-state index contributed by atoms with van der Waals surface area (Å²) in [6.07, 6.45) is 4.41. The topological polar surface area (TPSA) is 129 Å². The van der Waals surface area contributed by atoms with Crippen molar-refractivity contribution in [2.24, 2.45) is 0 Å². The number of alkyl carbamates (subject to hydrolysis) is 2. The van der Waals surface area contributed by atoms with Crippen molar-refractivity contribution in [3.63, 3.8) is 0 Å². The average molecular weight is 426 g/mol. The third kappa shape index (κ3) is 16.8. The molecule has 10 heteroatoms. The van der Waals surface area contributed by atoms with Gasteiger partial charge in [0.05, 0.1) is 19.7 Å². The highest BCUT2D eigenvalue weighted by molar-refractivity contribution is 5.68. The predicted molar refractivity (Wildman–Crippen MR) is 109 cm³/mol.